The molecule has 102 valence electrons. The second kappa shape index (κ2) is 5.08. The molecule has 1 aromatic heterocycles. The topological polar surface area (TPSA) is 103 Å². The van der Waals surface area contributed by atoms with Gasteiger partial charge in [0.05, 0.1) is 0 Å². The molecule has 7 heteroatoms. The van der Waals surface area contributed by atoms with E-state index in [2.05, 4.69) is 9.97 Å². The van der Waals surface area contributed by atoms with Crippen LogP contribution in [0.25, 0.3) is 5.57 Å². The zero-order valence-electron chi connectivity index (χ0n) is 10.6. The predicted octanol–water partition coefficient (Wildman–Crippen LogP) is 0.693. The Kier molecular flexibility index (Phi) is 3.66. The minimum Gasteiger partial charge on any atom is -0.370 e. The molecule has 0 bridgehead atoms. The minimum absolute atomic E-state index is 0.159. The van der Waals surface area contributed by atoms with Gasteiger partial charge >= 0.3 is 0 Å². The van der Waals surface area contributed by atoms with Crippen LogP contribution in [-0.4, -0.2) is 30.5 Å². The summed E-state index contributed by atoms with van der Waals surface area (Å²) in [6, 6.07) is 0. The summed E-state index contributed by atoms with van der Waals surface area (Å²) < 4.78 is 22.4. The van der Waals surface area contributed by atoms with Crippen molar-refractivity contribution in [3.63, 3.8) is 0 Å². The van der Waals surface area contributed by atoms with Crippen LogP contribution in [0.2, 0.25) is 0 Å². The molecule has 0 saturated heterocycles. The van der Waals surface area contributed by atoms with E-state index in [0.717, 1.165) is 36.7 Å². The first kappa shape index (κ1) is 13.7. The molecule has 0 aliphatic heterocycles. The van der Waals surface area contributed by atoms with Crippen LogP contribution in [-0.2, 0) is 14.6 Å². The van der Waals surface area contributed by atoms with Gasteiger partial charge in [-0.3, -0.25) is 4.79 Å². The Balaban J connectivity index is 2.01. The summed E-state index contributed by atoms with van der Waals surface area (Å²) in [5, 5.41) is -0.159. The zero-order valence-corrected chi connectivity index (χ0v) is 11.4. The number of sulfone groups is 1. The maximum absolute atomic E-state index is 11.2. The van der Waals surface area contributed by atoms with E-state index < -0.39 is 9.84 Å². The smallest absolute Gasteiger partial charge is 0.246 e. The predicted molar refractivity (Wildman–Crippen MR) is 69.7 cm³/mol. The van der Waals surface area contributed by atoms with Crippen LogP contribution >= 0.6 is 0 Å². The normalized spacial score (nSPS) is 14.6. The van der Waals surface area contributed by atoms with Gasteiger partial charge in [0.2, 0.25) is 20.9 Å². The molecule has 0 unspecified atom stereocenters. The van der Waals surface area contributed by atoms with Crippen LogP contribution in [0.1, 0.15) is 31.2 Å². The lowest BCUT2D eigenvalue weighted by molar-refractivity contribution is -0.118. The lowest BCUT2D eigenvalue weighted by Gasteiger charge is -1.97. The number of allylic oxidation sites excluding steroid dienone is 2. The molecular formula is C12H15N3O3S. The maximum Gasteiger partial charge on any atom is 0.246 e. The molecule has 1 aromatic rings. The van der Waals surface area contributed by atoms with E-state index in [-0.39, 0.29) is 11.1 Å². The Morgan fingerprint density at radius 1 is 1.37 bits per heavy atom. The van der Waals surface area contributed by atoms with Crippen LogP contribution < -0.4 is 5.73 Å². The molecule has 1 amide bonds. The number of nitrogens with zero attached hydrogens (tertiary/aromatic N) is 2. The van der Waals surface area contributed by atoms with Gasteiger partial charge in [-0.25, -0.2) is 18.4 Å². The number of rotatable bonds is 6. The Labute approximate surface area is 111 Å². The van der Waals surface area contributed by atoms with Gasteiger partial charge in [-0.2, -0.15) is 0 Å². The number of primary amides is 1. The van der Waals surface area contributed by atoms with Crippen molar-refractivity contribution in [3.05, 3.63) is 23.5 Å². The lowest BCUT2D eigenvalue weighted by Crippen LogP contribution is -2.09. The van der Waals surface area contributed by atoms with Crippen LogP contribution in [0.5, 0.6) is 0 Å². The van der Waals surface area contributed by atoms with Crippen molar-refractivity contribution >= 4 is 21.3 Å². The second-order valence-corrected chi connectivity index (χ2v) is 6.51. The number of nitrogens with two attached hydrogens (primary N) is 1. The lowest BCUT2D eigenvalue weighted by atomic mass is 10.2. The third-order valence-corrected chi connectivity index (χ3v) is 3.78. The molecule has 19 heavy (non-hydrogen) atoms. The molecule has 0 atom stereocenters. The number of carbonyl (C=O) groups is 1. The van der Waals surface area contributed by atoms with Gasteiger partial charge in [-0.15, -0.1) is 0 Å². The highest BCUT2D eigenvalue weighted by molar-refractivity contribution is 7.90. The van der Waals surface area contributed by atoms with Gasteiger partial charge in [-0.05, 0) is 24.8 Å². The first-order valence-electron chi connectivity index (χ1n) is 5.89. The van der Waals surface area contributed by atoms with E-state index >= 15 is 0 Å². The van der Waals surface area contributed by atoms with E-state index in [4.69, 9.17) is 5.73 Å². The number of amides is 1. The Morgan fingerprint density at radius 2 is 2.00 bits per heavy atom. The van der Waals surface area contributed by atoms with Crippen molar-refractivity contribution < 1.29 is 13.2 Å². The molecule has 0 fully saturated rings. The van der Waals surface area contributed by atoms with E-state index in [1.54, 1.807) is 0 Å². The monoisotopic (exact) mass is 281 g/mol. The van der Waals surface area contributed by atoms with Crippen LogP contribution in [0.3, 0.4) is 0 Å². The average Bonchev–Trinajstić information content (AvgIpc) is 3.07. The van der Waals surface area contributed by atoms with Crippen LogP contribution in [0.15, 0.2) is 23.1 Å². The fourth-order valence-electron chi connectivity index (χ4n) is 1.85. The van der Waals surface area contributed by atoms with E-state index in [1.165, 1.54) is 18.0 Å². The molecule has 0 saturated carbocycles. The van der Waals surface area contributed by atoms with Crippen molar-refractivity contribution in [3.8, 4) is 0 Å². The first-order chi connectivity index (χ1) is 8.88. The Hall–Kier alpha value is -1.76. The van der Waals surface area contributed by atoms with Crippen LogP contribution in [0, 0.1) is 0 Å². The third-order valence-electron chi connectivity index (χ3n) is 2.90. The summed E-state index contributed by atoms with van der Waals surface area (Å²) in [6.45, 7) is 0. The zero-order chi connectivity index (χ0) is 14.0. The Bertz CT molecular complexity index is 633. The number of carbonyl (C=O) groups excluding carboxylic acids is 1. The highest BCUT2D eigenvalue weighted by Gasteiger charge is 2.23. The SMILES string of the molecule is CS(=O)(=O)c1ncc(C2=C(CCCC(N)=O)C2)cn1. The molecule has 1 heterocycles. The summed E-state index contributed by atoms with van der Waals surface area (Å²) in [4.78, 5) is 18.3. The van der Waals surface area contributed by atoms with E-state index in [9.17, 15) is 13.2 Å². The third kappa shape index (κ3) is 3.60. The number of hydrogen-bond acceptors (Lipinski definition) is 5. The van der Waals surface area contributed by atoms with Gasteiger partial charge in [0.1, 0.15) is 0 Å². The molecule has 0 radical (unpaired) electrons. The molecule has 2 rings (SSSR count). The van der Waals surface area contributed by atoms with E-state index in [0.29, 0.717) is 6.42 Å². The quantitative estimate of drug-likeness (QED) is 0.773. The van der Waals surface area contributed by atoms with Gasteiger partial charge in [-0.1, -0.05) is 5.57 Å². The average molecular weight is 281 g/mol. The van der Waals surface area contributed by atoms with Crippen molar-refractivity contribution in [1.29, 1.82) is 0 Å². The molecular weight excluding hydrogens is 266 g/mol. The highest BCUT2D eigenvalue weighted by Crippen LogP contribution is 2.42. The van der Waals surface area contributed by atoms with E-state index in [1.807, 2.05) is 0 Å². The van der Waals surface area contributed by atoms with Crippen molar-refractivity contribution in [2.24, 2.45) is 5.73 Å². The largest absolute Gasteiger partial charge is 0.370 e. The molecule has 2 N–H and O–H groups in total. The fourth-order valence-corrected chi connectivity index (χ4v) is 2.34. The highest BCUT2D eigenvalue weighted by atomic mass is 32.2. The standard InChI is InChI=1S/C12H15N3O3S/c1-19(17,18)12-14-6-9(7-15-12)10-5-8(10)3-2-4-11(13)16/h6-7H,2-5H2,1H3,(H2,13,16). The van der Waals surface area contributed by atoms with Gasteiger partial charge in [0.25, 0.3) is 0 Å². The number of hydrogen-bond donors (Lipinski definition) is 1. The van der Waals surface area contributed by atoms with Gasteiger partial charge in [0, 0.05) is 30.6 Å². The van der Waals surface area contributed by atoms with Crippen molar-refractivity contribution in [1.82, 2.24) is 9.97 Å². The molecule has 0 aromatic carbocycles. The summed E-state index contributed by atoms with van der Waals surface area (Å²) in [6.07, 6.45) is 6.98. The van der Waals surface area contributed by atoms with Gasteiger partial charge < -0.3 is 5.73 Å². The fraction of sp³-hybridized carbons (Fsp3) is 0.417. The van der Waals surface area contributed by atoms with Crippen molar-refractivity contribution in [2.75, 3.05) is 6.26 Å². The first-order valence-corrected chi connectivity index (χ1v) is 7.79. The number of aromatic nitrogens is 2. The summed E-state index contributed by atoms with van der Waals surface area (Å²) >= 11 is 0. The van der Waals surface area contributed by atoms with Gasteiger partial charge in [0.15, 0.2) is 0 Å². The van der Waals surface area contributed by atoms with Crippen LogP contribution in [0.4, 0.5) is 0 Å². The Morgan fingerprint density at radius 3 is 2.53 bits per heavy atom. The molecule has 0 spiro atoms. The van der Waals surface area contributed by atoms with Crippen molar-refractivity contribution in [2.45, 2.75) is 30.8 Å². The summed E-state index contributed by atoms with van der Waals surface area (Å²) in [5.41, 5.74) is 8.32. The minimum atomic E-state index is -3.35. The molecule has 1 aliphatic rings. The molecule has 1 aliphatic carbocycles. The maximum atomic E-state index is 11.2. The summed E-state index contributed by atoms with van der Waals surface area (Å²) in [5.74, 6) is -0.288. The summed E-state index contributed by atoms with van der Waals surface area (Å²) in [7, 11) is -3.35. The molecule has 6 nitrogen and oxygen atoms in total. The second-order valence-electron chi connectivity index (χ2n) is 4.61.